The minimum atomic E-state index is -2.52. The van der Waals surface area contributed by atoms with Crippen LogP contribution in [0.2, 0.25) is 0 Å². The Balaban J connectivity index is 3.33. The maximum Gasteiger partial charge on any atom is 0.122 e. The van der Waals surface area contributed by atoms with Crippen LogP contribution in [0.4, 0.5) is 0 Å². The lowest BCUT2D eigenvalue weighted by atomic mass is 10.0. The SMILES string of the molecule is CCCCCCCCCCCCCC(CC=O)OS(=O)[O-]. The molecule has 0 amide bonds. The van der Waals surface area contributed by atoms with Gasteiger partial charge in [0.25, 0.3) is 0 Å². The number of aldehydes is 1. The zero-order chi connectivity index (χ0) is 15.8. The van der Waals surface area contributed by atoms with Gasteiger partial charge in [-0.1, -0.05) is 77.6 Å². The third-order valence-electron chi connectivity index (χ3n) is 3.70. The molecule has 0 aliphatic heterocycles. The third kappa shape index (κ3) is 15.9. The summed E-state index contributed by atoms with van der Waals surface area (Å²) in [5.41, 5.74) is 0. The maximum atomic E-state index is 10.4. The predicted octanol–water partition coefficient (Wildman–Crippen LogP) is 4.46. The van der Waals surface area contributed by atoms with Gasteiger partial charge in [-0.25, -0.2) is 4.21 Å². The molecular formula is C16H31O4S-. The van der Waals surface area contributed by atoms with Crippen molar-refractivity contribution in [2.45, 2.75) is 96.5 Å². The molecule has 0 radical (unpaired) electrons. The molecule has 0 aromatic rings. The van der Waals surface area contributed by atoms with Crippen LogP contribution in [-0.2, 0) is 20.3 Å². The van der Waals surface area contributed by atoms with Gasteiger partial charge in [0.2, 0.25) is 0 Å². The third-order valence-corrected chi connectivity index (χ3v) is 4.13. The van der Waals surface area contributed by atoms with Gasteiger partial charge in [-0.2, -0.15) is 0 Å². The molecule has 0 aromatic carbocycles. The summed E-state index contributed by atoms with van der Waals surface area (Å²) in [6.45, 7) is 2.24. The first-order chi connectivity index (χ1) is 10.2. The number of rotatable bonds is 16. The van der Waals surface area contributed by atoms with Crippen molar-refractivity contribution in [3.05, 3.63) is 0 Å². The Morgan fingerprint density at radius 1 is 0.952 bits per heavy atom. The summed E-state index contributed by atoms with van der Waals surface area (Å²) >= 11 is -2.52. The first kappa shape index (κ1) is 20.7. The fourth-order valence-corrected chi connectivity index (χ4v) is 2.86. The van der Waals surface area contributed by atoms with Crippen LogP contribution in [0.15, 0.2) is 0 Å². The summed E-state index contributed by atoms with van der Waals surface area (Å²) in [5.74, 6) is 0. The monoisotopic (exact) mass is 319 g/mol. The molecule has 0 spiro atoms. The molecule has 0 bridgehead atoms. The molecule has 4 nitrogen and oxygen atoms in total. The molecule has 0 saturated carbocycles. The van der Waals surface area contributed by atoms with Crippen molar-refractivity contribution in [3.63, 3.8) is 0 Å². The Bertz CT molecular complexity index is 259. The fourth-order valence-electron chi connectivity index (χ4n) is 2.46. The minimum Gasteiger partial charge on any atom is -0.750 e. The minimum absolute atomic E-state index is 0.158. The number of carbonyl (C=O) groups excluding carboxylic acids is 1. The zero-order valence-corrected chi connectivity index (χ0v) is 14.2. The van der Waals surface area contributed by atoms with Crippen molar-refractivity contribution < 1.29 is 17.7 Å². The van der Waals surface area contributed by atoms with Crippen molar-refractivity contribution >= 4 is 17.6 Å². The largest absolute Gasteiger partial charge is 0.750 e. The molecule has 2 unspecified atom stereocenters. The summed E-state index contributed by atoms with van der Waals surface area (Å²) in [6.07, 6.45) is 14.9. The van der Waals surface area contributed by atoms with Gasteiger partial charge in [0.05, 0.1) is 17.5 Å². The second-order valence-corrected chi connectivity index (χ2v) is 6.25. The van der Waals surface area contributed by atoms with Gasteiger partial charge in [0.1, 0.15) is 6.29 Å². The Labute approximate surface area is 132 Å². The van der Waals surface area contributed by atoms with Crippen molar-refractivity contribution in [1.29, 1.82) is 0 Å². The first-order valence-electron chi connectivity index (χ1n) is 8.40. The van der Waals surface area contributed by atoms with E-state index in [-0.39, 0.29) is 6.42 Å². The Morgan fingerprint density at radius 2 is 1.43 bits per heavy atom. The normalized spacial score (nSPS) is 14.0. The summed E-state index contributed by atoms with van der Waals surface area (Å²) in [4.78, 5) is 10.4. The molecule has 0 aliphatic rings. The van der Waals surface area contributed by atoms with Gasteiger partial charge >= 0.3 is 0 Å². The highest BCUT2D eigenvalue weighted by molar-refractivity contribution is 7.74. The average molecular weight is 319 g/mol. The molecule has 5 heteroatoms. The van der Waals surface area contributed by atoms with E-state index in [0.717, 1.165) is 19.1 Å². The van der Waals surface area contributed by atoms with Crippen LogP contribution >= 0.6 is 0 Å². The number of unbranched alkanes of at least 4 members (excludes halogenated alkanes) is 10. The predicted molar refractivity (Wildman–Crippen MR) is 85.6 cm³/mol. The van der Waals surface area contributed by atoms with Gasteiger partial charge in [-0.3, -0.25) is 4.18 Å². The van der Waals surface area contributed by atoms with Gasteiger partial charge in [0, 0.05) is 6.42 Å². The van der Waals surface area contributed by atoms with Crippen LogP contribution in [0.3, 0.4) is 0 Å². The van der Waals surface area contributed by atoms with Crippen LogP contribution in [0.1, 0.15) is 90.4 Å². The maximum absolute atomic E-state index is 10.4. The first-order valence-corrected chi connectivity index (χ1v) is 9.40. The fraction of sp³-hybridized carbons (Fsp3) is 0.938. The zero-order valence-electron chi connectivity index (χ0n) is 13.4. The Kier molecular flexibility index (Phi) is 15.9. The molecule has 0 aliphatic carbocycles. The topological polar surface area (TPSA) is 66.4 Å². The van der Waals surface area contributed by atoms with E-state index >= 15 is 0 Å². The van der Waals surface area contributed by atoms with Crippen molar-refractivity contribution in [2.24, 2.45) is 0 Å². The molecule has 0 rings (SSSR count). The number of hydrogen-bond acceptors (Lipinski definition) is 4. The molecule has 21 heavy (non-hydrogen) atoms. The van der Waals surface area contributed by atoms with E-state index in [1.54, 1.807) is 0 Å². The van der Waals surface area contributed by atoms with Crippen LogP contribution in [0.25, 0.3) is 0 Å². The number of carbonyl (C=O) groups is 1. The van der Waals surface area contributed by atoms with Crippen LogP contribution in [-0.4, -0.2) is 21.2 Å². The van der Waals surface area contributed by atoms with Crippen LogP contribution < -0.4 is 0 Å². The second-order valence-electron chi connectivity index (χ2n) is 5.65. The highest BCUT2D eigenvalue weighted by atomic mass is 32.2. The number of hydrogen-bond donors (Lipinski definition) is 0. The molecule has 126 valence electrons. The van der Waals surface area contributed by atoms with Crippen LogP contribution in [0.5, 0.6) is 0 Å². The molecular weight excluding hydrogens is 288 g/mol. The van der Waals surface area contributed by atoms with Gasteiger partial charge in [-0.15, -0.1) is 0 Å². The summed E-state index contributed by atoms with van der Waals surface area (Å²) in [5, 5.41) is 0. The summed E-state index contributed by atoms with van der Waals surface area (Å²) < 4.78 is 25.6. The molecule has 0 saturated heterocycles. The second kappa shape index (κ2) is 16.1. The Hall–Kier alpha value is -0.260. The average Bonchev–Trinajstić information content (AvgIpc) is 2.44. The van der Waals surface area contributed by atoms with Gasteiger partial charge in [-0.05, 0) is 6.42 Å². The molecule has 0 fully saturated rings. The lowest BCUT2D eigenvalue weighted by Gasteiger charge is -2.16. The molecule has 0 heterocycles. The van der Waals surface area contributed by atoms with E-state index < -0.39 is 17.5 Å². The van der Waals surface area contributed by atoms with E-state index in [4.69, 9.17) is 0 Å². The van der Waals surface area contributed by atoms with Crippen molar-refractivity contribution in [3.8, 4) is 0 Å². The van der Waals surface area contributed by atoms with E-state index in [0.29, 0.717) is 6.42 Å². The highest BCUT2D eigenvalue weighted by Gasteiger charge is 2.08. The molecule has 0 aromatic heterocycles. The van der Waals surface area contributed by atoms with Crippen molar-refractivity contribution in [2.75, 3.05) is 0 Å². The molecule has 0 N–H and O–H groups in total. The lowest BCUT2D eigenvalue weighted by Crippen LogP contribution is -2.15. The quantitative estimate of drug-likeness (QED) is 0.239. The van der Waals surface area contributed by atoms with E-state index in [1.165, 1.54) is 57.8 Å². The van der Waals surface area contributed by atoms with E-state index in [2.05, 4.69) is 11.1 Å². The molecule has 2 atom stereocenters. The van der Waals surface area contributed by atoms with E-state index in [1.807, 2.05) is 0 Å². The highest BCUT2D eigenvalue weighted by Crippen LogP contribution is 2.14. The lowest BCUT2D eigenvalue weighted by molar-refractivity contribution is -0.109. The standard InChI is InChI=1S/C16H32O4S/c1-2-3-4-5-6-7-8-9-10-11-12-13-16(14-15-17)20-21(18)19/h15-16H,2-14H2,1H3,(H,18,19)/p-1. The van der Waals surface area contributed by atoms with Gasteiger partial charge in [0.15, 0.2) is 0 Å². The van der Waals surface area contributed by atoms with Crippen molar-refractivity contribution in [1.82, 2.24) is 0 Å². The Morgan fingerprint density at radius 3 is 1.86 bits per heavy atom. The van der Waals surface area contributed by atoms with E-state index in [9.17, 15) is 13.6 Å². The van der Waals surface area contributed by atoms with Crippen LogP contribution in [0, 0.1) is 0 Å². The summed E-state index contributed by atoms with van der Waals surface area (Å²) in [6, 6.07) is 0. The smallest absolute Gasteiger partial charge is 0.122 e. The summed E-state index contributed by atoms with van der Waals surface area (Å²) in [7, 11) is 0. The van der Waals surface area contributed by atoms with Gasteiger partial charge < -0.3 is 9.35 Å².